The molecule has 7 heteroatoms. The Bertz CT molecular complexity index is 1090. The van der Waals surface area contributed by atoms with E-state index in [1.807, 2.05) is 41.8 Å². The molecule has 1 aliphatic heterocycles. The van der Waals surface area contributed by atoms with Gasteiger partial charge in [0.2, 0.25) is 0 Å². The van der Waals surface area contributed by atoms with Gasteiger partial charge in [-0.1, -0.05) is 35.7 Å². The van der Waals surface area contributed by atoms with Crippen molar-refractivity contribution in [2.45, 2.75) is 13.5 Å². The van der Waals surface area contributed by atoms with Gasteiger partial charge >= 0.3 is 0 Å². The van der Waals surface area contributed by atoms with Crippen LogP contribution in [0.1, 0.15) is 28.3 Å². The molecule has 3 aromatic rings. The summed E-state index contributed by atoms with van der Waals surface area (Å²) >= 11 is 8.64. The number of nitrogens with zero attached hydrogens (tertiary/aromatic N) is 4. The third kappa shape index (κ3) is 3.15. The highest BCUT2D eigenvalue weighted by atomic mass is 127. The van der Waals surface area contributed by atoms with Crippen molar-refractivity contribution in [1.29, 1.82) is 0 Å². The first-order valence-electron chi connectivity index (χ1n) is 7.82. The van der Waals surface area contributed by atoms with Crippen LogP contribution in [0.3, 0.4) is 0 Å². The molecule has 1 aliphatic rings. The number of aryl methyl sites for hydroxylation is 1. The number of rotatable bonds is 1. The number of benzene rings is 2. The smallest absolute Gasteiger partial charge is 0.159 e. The van der Waals surface area contributed by atoms with Crippen LogP contribution in [-0.4, -0.2) is 20.5 Å². The average molecular weight is 491 g/mol. The van der Waals surface area contributed by atoms with Crippen LogP contribution in [-0.2, 0) is 6.54 Å². The third-order valence-electron chi connectivity index (χ3n) is 4.13. The lowest BCUT2D eigenvalue weighted by molar-refractivity contribution is 0.861. The predicted octanol–water partition coefficient (Wildman–Crippen LogP) is 4.97. The van der Waals surface area contributed by atoms with Crippen LogP contribution in [0.15, 0.2) is 47.5 Å². The van der Waals surface area contributed by atoms with Crippen molar-refractivity contribution < 1.29 is 0 Å². The molecule has 0 bridgehead atoms. The fourth-order valence-corrected chi connectivity index (χ4v) is 3.73. The van der Waals surface area contributed by atoms with Gasteiger partial charge in [-0.2, -0.15) is 0 Å². The van der Waals surface area contributed by atoms with Gasteiger partial charge in [0.1, 0.15) is 12.4 Å². The van der Waals surface area contributed by atoms with Gasteiger partial charge in [0.15, 0.2) is 5.82 Å². The molecular weight excluding hydrogens is 479 g/mol. The van der Waals surface area contributed by atoms with E-state index in [1.54, 1.807) is 0 Å². The Labute approximate surface area is 172 Å². The SMILES string of the molecule is Cc1nnc2n1-c1ccc(C#CSI)cc1C(c1ccccc1Cl)=NC2. The van der Waals surface area contributed by atoms with Crippen molar-refractivity contribution in [3.63, 3.8) is 0 Å². The molecule has 0 saturated heterocycles. The molecule has 2 aromatic carbocycles. The summed E-state index contributed by atoms with van der Waals surface area (Å²) in [5.41, 5.74) is 4.65. The fraction of sp³-hybridized carbons (Fsp3) is 0.105. The molecule has 0 aliphatic carbocycles. The first-order valence-corrected chi connectivity index (χ1v) is 11.6. The molecule has 0 spiro atoms. The Morgan fingerprint density at radius 1 is 1.15 bits per heavy atom. The lowest BCUT2D eigenvalue weighted by Gasteiger charge is -2.14. The van der Waals surface area contributed by atoms with E-state index in [2.05, 4.69) is 54.7 Å². The molecule has 0 saturated carbocycles. The van der Waals surface area contributed by atoms with Crippen molar-refractivity contribution in [3.8, 4) is 16.9 Å². The van der Waals surface area contributed by atoms with Crippen LogP contribution < -0.4 is 0 Å². The second-order valence-corrected chi connectivity index (χ2v) is 7.77. The average Bonchev–Trinajstić information content (AvgIpc) is 2.93. The zero-order chi connectivity index (χ0) is 18.1. The molecule has 0 atom stereocenters. The fourth-order valence-electron chi connectivity index (χ4n) is 3.02. The summed E-state index contributed by atoms with van der Waals surface area (Å²) in [6.45, 7) is 2.39. The van der Waals surface area contributed by atoms with E-state index in [9.17, 15) is 0 Å². The lowest BCUT2D eigenvalue weighted by atomic mass is 9.98. The van der Waals surface area contributed by atoms with Crippen LogP contribution in [0.2, 0.25) is 5.02 Å². The van der Waals surface area contributed by atoms with Crippen LogP contribution in [0.25, 0.3) is 5.69 Å². The zero-order valence-corrected chi connectivity index (χ0v) is 17.4. The zero-order valence-electron chi connectivity index (χ0n) is 13.7. The van der Waals surface area contributed by atoms with Crippen molar-refractivity contribution in [3.05, 3.63) is 75.8 Å². The summed E-state index contributed by atoms with van der Waals surface area (Å²) in [6.07, 6.45) is 0. The Hall–Kier alpha value is -1.82. The maximum Gasteiger partial charge on any atom is 0.159 e. The maximum absolute atomic E-state index is 6.47. The van der Waals surface area contributed by atoms with Gasteiger partial charge in [-0.3, -0.25) is 9.56 Å². The summed E-state index contributed by atoms with van der Waals surface area (Å²) in [6, 6.07) is 13.9. The molecule has 1 aromatic heterocycles. The lowest BCUT2D eigenvalue weighted by Crippen LogP contribution is -2.09. The van der Waals surface area contributed by atoms with E-state index in [4.69, 9.17) is 16.6 Å². The molecule has 0 unspecified atom stereocenters. The first-order chi connectivity index (χ1) is 12.7. The van der Waals surface area contributed by atoms with E-state index in [-0.39, 0.29) is 0 Å². The molecule has 0 N–H and O–H groups in total. The third-order valence-corrected chi connectivity index (χ3v) is 5.30. The van der Waals surface area contributed by atoms with Crippen molar-refractivity contribution in [1.82, 2.24) is 14.8 Å². The topological polar surface area (TPSA) is 43.1 Å². The summed E-state index contributed by atoms with van der Waals surface area (Å²) < 4.78 is 2.05. The van der Waals surface area contributed by atoms with Crippen LogP contribution in [0, 0.1) is 18.1 Å². The highest BCUT2D eigenvalue weighted by Crippen LogP contribution is 2.29. The number of aliphatic imine (C=N–C) groups is 1. The van der Waals surface area contributed by atoms with Crippen molar-refractivity contribution in [2.75, 3.05) is 0 Å². The molecule has 2 heterocycles. The Kier molecular flexibility index (Phi) is 5.02. The van der Waals surface area contributed by atoms with E-state index < -0.39 is 0 Å². The highest BCUT2D eigenvalue weighted by Gasteiger charge is 2.22. The Morgan fingerprint density at radius 2 is 2.00 bits per heavy atom. The number of hydrogen-bond donors (Lipinski definition) is 0. The van der Waals surface area contributed by atoms with Gasteiger partial charge in [0.05, 0.1) is 11.4 Å². The van der Waals surface area contributed by atoms with Gasteiger partial charge in [-0.05, 0) is 45.4 Å². The summed E-state index contributed by atoms with van der Waals surface area (Å²) in [5, 5.41) is 12.2. The molecule has 0 fully saturated rings. The molecule has 26 heavy (non-hydrogen) atoms. The van der Waals surface area contributed by atoms with E-state index in [1.165, 1.54) is 8.93 Å². The van der Waals surface area contributed by atoms with Gasteiger partial charge in [-0.15, -0.1) is 10.2 Å². The number of aromatic nitrogens is 3. The minimum atomic E-state index is 0.445. The van der Waals surface area contributed by atoms with E-state index in [0.717, 1.165) is 39.7 Å². The number of halogens is 2. The first kappa shape index (κ1) is 17.6. The molecule has 4 nitrogen and oxygen atoms in total. The minimum Gasteiger partial charge on any atom is -0.281 e. The molecule has 0 amide bonds. The van der Waals surface area contributed by atoms with Gasteiger partial charge in [0, 0.05) is 42.9 Å². The second kappa shape index (κ2) is 7.43. The predicted molar refractivity (Wildman–Crippen MR) is 115 cm³/mol. The van der Waals surface area contributed by atoms with Crippen molar-refractivity contribution in [2.24, 2.45) is 4.99 Å². The van der Waals surface area contributed by atoms with E-state index >= 15 is 0 Å². The monoisotopic (exact) mass is 490 g/mol. The van der Waals surface area contributed by atoms with Crippen molar-refractivity contribution >= 4 is 47.5 Å². The van der Waals surface area contributed by atoms with Gasteiger partial charge in [0.25, 0.3) is 0 Å². The molecular formula is C19H12ClIN4S. The maximum atomic E-state index is 6.47. The standard InChI is InChI=1S/C19H12ClIN4S/c1-12-23-24-18-11-22-19(14-4-2-3-5-16(14)20)15-10-13(8-9-26-21)6-7-17(15)25(12)18/h2-7,10H,11H2,1H3. The van der Waals surface area contributed by atoms with Crippen LogP contribution >= 0.6 is 41.7 Å². The summed E-state index contributed by atoms with van der Waals surface area (Å²) in [7, 11) is 1.46. The molecule has 0 radical (unpaired) electrons. The second-order valence-electron chi connectivity index (χ2n) is 5.68. The summed E-state index contributed by atoms with van der Waals surface area (Å²) in [4.78, 5) is 4.83. The number of hydrogen-bond acceptors (Lipinski definition) is 4. The summed E-state index contributed by atoms with van der Waals surface area (Å²) in [5.74, 6) is 4.81. The molecule has 128 valence electrons. The Morgan fingerprint density at radius 3 is 2.81 bits per heavy atom. The Balaban J connectivity index is 1.99. The molecule has 4 rings (SSSR count). The van der Waals surface area contributed by atoms with Crippen LogP contribution in [0.5, 0.6) is 0 Å². The normalized spacial score (nSPS) is 12.3. The van der Waals surface area contributed by atoms with Gasteiger partial charge < -0.3 is 0 Å². The minimum absolute atomic E-state index is 0.445. The van der Waals surface area contributed by atoms with Crippen LogP contribution in [0.4, 0.5) is 0 Å². The van der Waals surface area contributed by atoms with Gasteiger partial charge in [-0.25, -0.2) is 0 Å². The number of fused-ring (bicyclic) bond motifs is 3. The quantitative estimate of drug-likeness (QED) is 0.357. The largest absolute Gasteiger partial charge is 0.281 e. The highest BCUT2D eigenvalue weighted by molar-refractivity contribution is 14.2. The van der Waals surface area contributed by atoms with E-state index in [0.29, 0.717) is 11.6 Å².